The van der Waals surface area contributed by atoms with Crippen molar-refractivity contribution in [3.8, 4) is 10.6 Å². The maximum absolute atomic E-state index is 12.4. The first kappa shape index (κ1) is 14.8. The van der Waals surface area contributed by atoms with Gasteiger partial charge in [0.2, 0.25) is 5.88 Å². The van der Waals surface area contributed by atoms with E-state index in [4.69, 9.17) is 10.3 Å². The standard InChI is InChI=1S/C15H12BrN3O2S/c16-11-7-6-10(22-11)13-12(14(17)21-19-13)15(20)18-8-9-4-2-1-3-5-9/h1-7H,8,17H2,(H,18,20). The Bertz CT molecular complexity index is 798. The third-order valence-electron chi connectivity index (χ3n) is 3.05. The summed E-state index contributed by atoms with van der Waals surface area (Å²) in [5, 5.41) is 6.74. The summed E-state index contributed by atoms with van der Waals surface area (Å²) in [5.74, 6) is -0.285. The van der Waals surface area contributed by atoms with E-state index in [2.05, 4.69) is 26.4 Å². The summed E-state index contributed by atoms with van der Waals surface area (Å²) in [4.78, 5) is 13.2. The minimum absolute atomic E-state index is 0.0186. The lowest BCUT2D eigenvalue weighted by Gasteiger charge is -2.05. The summed E-state index contributed by atoms with van der Waals surface area (Å²) < 4.78 is 5.93. The Labute approximate surface area is 139 Å². The van der Waals surface area contributed by atoms with Crippen molar-refractivity contribution in [1.29, 1.82) is 0 Å². The van der Waals surface area contributed by atoms with Crippen LogP contribution in [-0.4, -0.2) is 11.1 Å². The van der Waals surface area contributed by atoms with Gasteiger partial charge >= 0.3 is 0 Å². The third kappa shape index (κ3) is 3.05. The molecule has 7 heteroatoms. The van der Waals surface area contributed by atoms with Gasteiger partial charge in [0.05, 0.1) is 8.66 Å². The van der Waals surface area contributed by atoms with Crippen molar-refractivity contribution in [2.24, 2.45) is 0 Å². The number of thiophene rings is 1. The van der Waals surface area contributed by atoms with Crippen molar-refractivity contribution in [3.05, 3.63) is 57.4 Å². The number of nitrogens with zero attached hydrogens (tertiary/aromatic N) is 1. The van der Waals surface area contributed by atoms with E-state index in [1.54, 1.807) is 0 Å². The number of rotatable bonds is 4. The average Bonchev–Trinajstić information content (AvgIpc) is 3.12. The smallest absolute Gasteiger partial charge is 0.259 e. The van der Waals surface area contributed by atoms with Crippen molar-refractivity contribution >= 4 is 39.1 Å². The van der Waals surface area contributed by atoms with Crippen molar-refractivity contribution in [1.82, 2.24) is 10.5 Å². The van der Waals surface area contributed by atoms with Crippen molar-refractivity contribution in [2.75, 3.05) is 5.73 Å². The summed E-state index contributed by atoms with van der Waals surface area (Å²) in [6, 6.07) is 13.4. The maximum atomic E-state index is 12.4. The van der Waals surface area contributed by atoms with Gasteiger partial charge in [-0.3, -0.25) is 4.79 Å². The summed E-state index contributed by atoms with van der Waals surface area (Å²) in [5.41, 5.74) is 7.49. The molecule has 5 nitrogen and oxygen atoms in total. The van der Waals surface area contributed by atoms with Crippen LogP contribution in [0.3, 0.4) is 0 Å². The topological polar surface area (TPSA) is 81.2 Å². The minimum atomic E-state index is -0.304. The summed E-state index contributed by atoms with van der Waals surface area (Å²) >= 11 is 4.85. The summed E-state index contributed by atoms with van der Waals surface area (Å²) in [6.07, 6.45) is 0. The first-order chi connectivity index (χ1) is 10.6. The van der Waals surface area contributed by atoms with Crippen LogP contribution < -0.4 is 11.1 Å². The van der Waals surface area contributed by atoms with Crippen LogP contribution in [0.4, 0.5) is 5.88 Å². The van der Waals surface area contributed by atoms with Crippen LogP contribution in [0.2, 0.25) is 0 Å². The van der Waals surface area contributed by atoms with Crippen LogP contribution in [0, 0.1) is 0 Å². The molecule has 0 saturated heterocycles. The molecule has 3 N–H and O–H groups in total. The highest BCUT2D eigenvalue weighted by Gasteiger charge is 2.23. The van der Waals surface area contributed by atoms with Crippen LogP contribution in [-0.2, 0) is 6.54 Å². The first-order valence-electron chi connectivity index (χ1n) is 6.48. The molecule has 0 fully saturated rings. The zero-order chi connectivity index (χ0) is 15.5. The van der Waals surface area contributed by atoms with Gasteiger partial charge in [0.25, 0.3) is 5.91 Å². The monoisotopic (exact) mass is 377 g/mol. The molecule has 2 aromatic heterocycles. The zero-order valence-corrected chi connectivity index (χ0v) is 13.8. The molecule has 0 aliphatic rings. The van der Waals surface area contributed by atoms with Gasteiger partial charge in [-0.15, -0.1) is 11.3 Å². The number of nitrogens with two attached hydrogens (primary N) is 1. The van der Waals surface area contributed by atoms with Crippen molar-refractivity contribution in [2.45, 2.75) is 6.54 Å². The number of hydrogen-bond acceptors (Lipinski definition) is 5. The van der Waals surface area contributed by atoms with E-state index in [0.717, 1.165) is 14.2 Å². The summed E-state index contributed by atoms with van der Waals surface area (Å²) in [6.45, 7) is 0.415. The fourth-order valence-corrected chi connectivity index (χ4v) is 3.37. The van der Waals surface area contributed by atoms with Crippen molar-refractivity contribution < 1.29 is 9.32 Å². The van der Waals surface area contributed by atoms with E-state index < -0.39 is 0 Å². The Morgan fingerprint density at radius 3 is 2.73 bits per heavy atom. The fraction of sp³-hybridized carbons (Fsp3) is 0.0667. The highest BCUT2D eigenvalue weighted by molar-refractivity contribution is 9.11. The molecule has 0 spiro atoms. The van der Waals surface area contributed by atoms with E-state index >= 15 is 0 Å². The Kier molecular flexibility index (Phi) is 4.26. The molecule has 3 rings (SSSR count). The molecule has 0 aliphatic heterocycles. The Hall–Kier alpha value is -2.12. The molecule has 0 bridgehead atoms. The van der Waals surface area contributed by atoms with Crippen LogP contribution >= 0.6 is 27.3 Å². The molecule has 2 heterocycles. The number of carbonyl (C=O) groups excluding carboxylic acids is 1. The normalized spacial score (nSPS) is 10.6. The SMILES string of the molecule is Nc1onc(-c2ccc(Br)s2)c1C(=O)NCc1ccccc1. The first-order valence-corrected chi connectivity index (χ1v) is 8.09. The lowest BCUT2D eigenvalue weighted by Crippen LogP contribution is -2.23. The molecule has 1 aromatic carbocycles. The molecular formula is C15H12BrN3O2S. The second kappa shape index (κ2) is 6.33. The van der Waals surface area contributed by atoms with Gasteiger partial charge in [0.1, 0.15) is 11.3 Å². The number of nitrogens with one attached hydrogen (secondary N) is 1. The van der Waals surface area contributed by atoms with E-state index in [-0.39, 0.29) is 17.4 Å². The highest BCUT2D eigenvalue weighted by atomic mass is 79.9. The maximum Gasteiger partial charge on any atom is 0.259 e. The Balaban J connectivity index is 1.82. The molecule has 0 saturated carbocycles. The molecule has 112 valence electrons. The zero-order valence-electron chi connectivity index (χ0n) is 11.4. The molecular weight excluding hydrogens is 366 g/mol. The van der Waals surface area contributed by atoms with Gasteiger partial charge in [0, 0.05) is 6.54 Å². The van der Waals surface area contributed by atoms with E-state index in [1.165, 1.54) is 11.3 Å². The van der Waals surface area contributed by atoms with Gasteiger partial charge in [-0.1, -0.05) is 35.5 Å². The van der Waals surface area contributed by atoms with Crippen LogP contribution in [0.1, 0.15) is 15.9 Å². The second-order valence-corrected chi connectivity index (χ2v) is 7.01. The molecule has 0 radical (unpaired) electrons. The number of aromatic nitrogens is 1. The molecule has 1 amide bonds. The third-order valence-corrected chi connectivity index (χ3v) is 4.68. The number of benzene rings is 1. The Morgan fingerprint density at radius 2 is 2.05 bits per heavy atom. The van der Waals surface area contributed by atoms with Gasteiger partial charge in [-0.2, -0.15) is 0 Å². The molecule has 0 atom stereocenters. The van der Waals surface area contributed by atoms with Gasteiger partial charge < -0.3 is 15.6 Å². The van der Waals surface area contributed by atoms with Gasteiger partial charge in [-0.05, 0) is 33.6 Å². The van der Waals surface area contributed by atoms with Crippen LogP contribution in [0.5, 0.6) is 0 Å². The molecule has 3 aromatic rings. The average molecular weight is 378 g/mol. The fourth-order valence-electron chi connectivity index (χ4n) is 2.00. The van der Waals surface area contributed by atoms with Gasteiger partial charge in [0.15, 0.2) is 0 Å². The van der Waals surface area contributed by atoms with E-state index in [1.807, 2.05) is 42.5 Å². The van der Waals surface area contributed by atoms with E-state index in [9.17, 15) is 4.79 Å². The number of halogens is 1. The predicted octanol–water partition coefficient (Wildman–Crippen LogP) is 3.68. The molecule has 22 heavy (non-hydrogen) atoms. The van der Waals surface area contributed by atoms with E-state index in [0.29, 0.717) is 12.2 Å². The summed E-state index contributed by atoms with van der Waals surface area (Å²) in [7, 11) is 0. The van der Waals surface area contributed by atoms with Crippen LogP contribution in [0.15, 0.2) is 50.8 Å². The lowest BCUT2D eigenvalue weighted by atomic mass is 10.1. The minimum Gasteiger partial charge on any atom is -0.367 e. The Morgan fingerprint density at radius 1 is 1.27 bits per heavy atom. The number of amides is 1. The largest absolute Gasteiger partial charge is 0.367 e. The number of carbonyl (C=O) groups is 1. The van der Waals surface area contributed by atoms with Gasteiger partial charge in [-0.25, -0.2) is 0 Å². The quantitative estimate of drug-likeness (QED) is 0.726. The van der Waals surface area contributed by atoms with Crippen molar-refractivity contribution in [3.63, 3.8) is 0 Å². The number of nitrogen functional groups attached to an aromatic ring is 1. The second-order valence-electron chi connectivity index (χ2n) is 4.54. The number of hydrogen-bond donors (Lipinski definition) is 2. The lowest BCUT2D eigenvalue weighted by molar-refractivity contribution is 0.0952. The van der Waals surface area contributed by atoms with Crippen LogP contribution in [0.25, 0.3) is 10.6 Å². The highest BCUT2D eigenvalue weighted by Crippen LogP contribution is 2.34. The molecule has 0 unspecified atom stereocenters. The predicted molar refractivity (Wildman–Crippen MR) is 89.5 cm³/mol. The number of anilines is 1. The molecule has 0 aliphatic carbocycles.